The highest BCUT2D eigenvalue weighted by Crippen LogP contribution is 2.30. The highest BCUT2D eigenvalue weighted by molar-refractivity contribution is 6.31. The number of hydrogen-bond donors (Lipinski definition) is 3. The number of aryl methyl sites for hydroxylation is 1. The molecule has 0 heterocycles. The van der Waals surface area contributed by atoms with E-state index in [1.807, 2.05) is 26.8 Å². The summed E-state index contributed by atoms with van der Waals surface area (Å²) in [6, 6.07) is 3.76. The Hall–Kier alpha value is -1.46. The molecule has 0 bridgehead atoms. The predicted molar refractivity (Wildman–Crippen MR) is 76.3 cm³/mol. The van der Waals surface area contributed by atoms with Gasteiger partial charge in [-0.3, -0.25) is 5.43 Å². The third-order valence-electron chi connectivity index (χ3n) is 2.26. The van der Waals surface area contributed by atoms with Crippen molar-refractivity contribution < 1.29 is 4.74 Å². The normalized spacial score (nSPS) is 11.6. The maximum atomic E-state index is 6.04. The second kappa shape index (κ2) is 6.47. The van der Waals surface area contributed by atoms with E-state index in [1.165, 1.54) is 0 Å². The Kier molecular flexibility index (Phi) is 5.25. The number of nitrogens with zero attached hydrogens (tertiary/aromatic N) is 1. The van der Waals surface area contributed by atoms with E-state index in [4.69, 9.17) is 22.2 Å². The fourth-order valence-corrected chi connectivity index (χ4v) is 1.57. The number of methoxy groups -OCH3 is 1. The van der Waals surface area contributed by atoms with E-state index >= 15 is 0 Å². The molecule has 0 aromatic heterocycles. The second-order valence-electron chi connectivity index (χ2n) is 4.14. The largest absolute Gasteiger partial charge is 0.495 e. The zero-order valence-corrected chi connectivity index (χ0v) is 11.8. The minimum Gasteiger partial charge on any atom is -0.495 e. The molecule has 6 heteroatoms. The van der Waals surface area contributed by atoms with Gasteiger partial charge in [0.2, 0.25) is 5.96 Å². The average molecular weight is 271 g/mol. The lowest BCUT2D eigenvalue weighted by atomic mass is 10.2. The van der Waals surface area contributed by atoms with Gasteiger partial charge in [0.15, 0.2) is 0 Å². The van der Waals surface area contributed by atoms with E-state index in [2.05, 4.69) is 15.7 Å². The SMILES string of the molecule is COc1cc(Cl)c(C)cc1NC(=NC(C)C)NN. The Balaban J connectivity index is 3.05. The molecule has 5 nitrogen and oxygen atoms in total. The van der Waals surface area contributed by atoms with Crippen LogP contribution in [-0.4, -0.2) is 19.1 Å². The number of rotatable bonds is 3. The molecule has 1 aromatic carbocycles. The third-order valence-corrected chi connectivity index (χ3v) is 2.67. The molecule has 100 valence electrons. The number of hydrogen-bond acceptors (Lipinski definition) is 3. The number of nitrogens with one attached hydrogen (secondary N) is 2. The molecule has 0 aliphatic rings. The van der Waals surface area contributed by atoms with Gasteiger partial charge < -0.3 is 10.1 Å². The summed E-state index contributed by atoms with van der Waals surface area (Å²) >= 11 is 6.04. The van der Waals surface area contributed by atoms with Gasteiger partial charge in [-0.05, 0) is 32.4 Å². The molecule has 0 aliphatic carbocycles. The van der Waals surface area contributed by atoms with Crippen molar-refractivity contribution in [3.8, 4) is 5.75 Å². The Labute approximate surface area is 112 Å². The van der Waals surface area contributed by atoms with Crippen LogP contribution in [0.15, 0.2) is 17.1 Å². The smallest absolute Gasteiger partial charge is 0.210 e. The van der Waals surface area contributed by atoms with Crippen LogP contribution in [0.2, 0.25) is 5.02 Å². The van der Waals surface area contributed by atoms with Gasteiger partial charge in [0.1, 0.15) is 5.75 Å². The molecule has 0 atom stereocenters. The summed E-state index contributed by atoms with van der Waals surface area (Å²) in [6.45, 7) is 5.84. The minimum absolute atomic E-state index is 0.128. The van der Waals surface area contributed by atoms with Gasteiger partial charge in [-0.25, -0.2) is 10.8 Å². The van der Waals surface area contributed by atoms with Gasteiger partial charge in [-0.1, -0.05) is 11.6 Å². The van der Waals surface area contributed by atoms with Crippen LogP contribution >= 0.6 is 11.6 Å². The van der Waals surface area contributed by atoms with Crippen LogP contribution in [0.4, 0.5) is 5.69 Å². The zero-order valence-electron chi connectivity index (χ0n) is 11.0. The van der Waals surface area contributed by atoms with Crippen molar-refractivity contribution in [2.24, 2.45) is 10.8 Å². The molecule has 0 saturated heterocycles. The van der Waals surface area contributed by atoms with Gasteiger partial charge in [-0.2, -0.15) is 0 Å². The number of anilines is 1. The monoisotopic (exact) mass is 270 g/mol. The van der Waals surface area contributed by atoms with Crippen LogP contribution in [0.3, 0.4) is 0 Å². The topological polar surface area (TPSA) is 71.7 Å². The number of aliphatic imine (C=N–C) groups is 1. The minimum atomic E-state index is 0.128. The number of benzene rings is 1. The number of halogens is 1. The number of ether oxygens (including phenoxy) is 1. The molecule has 0 aliphatic heterocycles. The van der Waals surface area contributed by atoms with E-state index in [-0.39, 0.29) is 6.04 Å². The number of nitrogens with two attached hydrogens (primary N) is 1. The molecular formula is C12H19ClN4O. The first-order valence-electron chi connectivity index (χ1n) is 5.63. The van der Waals surface area contributed by atoms with Crippen molar-refractivity contribution in [2.45, 2.75) is 26.8 Å². The van der Waals surface area contributed by atoms with E-state index in [1.54, 1.807) is 13.2 Å². The molecule has 0 radical (unpaired) electrons. The lowest BCUT2D eigenvalue weighted by Gasteiger charge is -2.15. The second-order valence-corrected chi connectivity index (χ2v) is 4.55. The first-order valence-corrected chi connectivity index (χ1v) is 6.01. The summed E-state index contributed by atoms with van der Waals surface area (Å²) in [4.78, 5) is 4.30. The van der Waals surface area contributed by atoms with Crippen LogP contribution in [0.5, 0.6) is 5.75 Å². The summed E-state index contributed by atoms with van der Waals surface area (Å²) in [7, 11) is 1.58. The van der Waals surface area contributed by atoms with Crippen molar-refractivity contribution in [3.05, 3.63) is 22.7 Å². The molecule has 18 heavy (non-hydrogen) atoms. The lowest BCUT2D eigenvalue weighted by Crippen LogP contribution is -2.37. The Morgan fingerprint density at radius 1 is 1.44 bits per heavy atom. The van der Waals surface area contributed by atoms with Gasteiger partial charge in [-0.15, -0.1) is 0 Å². The third kappa shape index (κ3) is 3.78. The predicted octanol–water partition coefficient (Wildman–Crippen LogP) is 2.30. The maximum absolute atomic E-state index is 6.04. The van der Waals surface area contributed by atoms with Crippen LogP contribution in [-0.2, 0) is 0 Å². The van der Waals surface area contributed by atoms with Crippen molar-refractivity contribution in [1.82, 2.24) is 5.43 Å². The van der Waals surface area contributed by atoms with Crippen LogP contribution in [0.25, 0.3) is 0 Å². The molecule has 1 aromatic rings. The molecule has 0 fully saturated rings. The van der Waals surface area contributed by atoms with E-state index in [9.17, 15) is 0 Å². The highest BCUT2D eigenvalue weighted by Gasteiger charge is 2.09. The van der Waals surface area contributed by atoms with Crippen molar-refractivity contribution in [2.75, 3.05) is 12.4 Å². The molecule has 0 saturated carbocycles. The van der Waals surface area contributed by atoms with Gasteiger partial charge in [0, 0.05) is 17.1 Å². The Morgan fingerprint density at radius 2 is 2.11 bits per heavy atom. The number of guanidine groups is 1. The fraction of sp³-hybridized carbons (Fsp3) is 0.417. The Morgan fingerprint density at radius 3 is 2.61 bits per heavy atom. The molecular weight excluding hydrogens is 252 g/mol. The molecule has 1 rings (SSSR count). The first kappa shape index (κ1) is 14.6. The summed E-state index contributed by atoms with van der Waals surface area (Å²) in [6.07, 6.45) is 0. The fourth-order valence-electron chi connectivity index (χ4n) is 1.42. The van der Waals surface area contributed by atoms with Crippen molar-refractivity contribution in [3.63, 3.8) is 0 Å². The molecule has 0 unspecified atom stereocenters. The quantitative estimate of drug-likeness (QED) is 0.341. The van der Waals surface area contributed by atoms with E-state index < -0.39 is 0 Å². The summed E-state index contributed by atoms with van der Waals surface area (Å²) in [5.74, 6) is 6.53. The molecule has 0 spiro atoms. The molecule has 4 N–H and O–H groups in total. The summed E-state index contributed by atoms with van der Waals surface area (Å²) < 4.78 is 5.26. The Bertz CT molecular complexity index is 446. The van der Waals surface area contributed by atoms with E-state index in [0.29, 0.717) is 16.7 Å². The van der Waals surface area contributed by atoms with E-state index in [0.717, 1.165) is 11.3 Å². The van der Waals surface area contributed by atoms with Crippen LogP contribution < -0.4 is 21.3 Å². The maximum Gasteiger partial charge on any atom is 0.210 e. The van der Waals surface area contributed by atoms with Crippen LogP contribution in [0, 0.1) is 6.92 Å². The van der Waals surface area contributed by atoms with Crippen LogP contribution in [0.1, 0.15) is 19.4 Å². The standard InChI is InChI=1S/C12H19ClN4O/c1-7(2)15-12(17-14)16-10-5-8(3)9(13)6-11(10)18-4/h5-7H,14H2,1-4H3,(H2,15,16,17). The van der Waals surface area contributed by atoms with Gasteiger partial charge in [0.25, 0.3) is 0 Å². The first-order chi connectivity index (χ1) is 8.47. The highest BCUT2D eigenvalue weighted by atomic mass is 35.5. The van der Waals surface area contributed by atoms with Gasteiger partial charge in [0.05, 0.1) is 12.8 Å². The summed E-state index contributed by atoms with van der Waals surface area (Å²) in [5.41, 5.74) is 4.22. The average Bonchev–Trinajstić information content (AvgIpc) is 2.31. The zero-order chi connectivity index (χ0) is 13.7. The van der Waals surface area contributed by atoms with Crippen molar-refractivity contribution >= 4 is 23.2 Å². The van der Waals surface area contributed by atoms with Crippen molar-refractivity contribution in [1.29, 1.82) is 0 Å². The molecule has 0 amide bonds. The number of hydrazine groups is 1. The van der Waals surface area contributed by atoms with Gasteiger partial charge >= 0.3 is 0 Å². The lowest BCUT2D eigenvalue weighted by molar-refractivity contribution is 0.417. The summed E-state index contributed by atoms with van der Waals surface area (Å²) in [5, 5.41) is 3.73.